The molecular formula is C25H33N3. The lowest BCUT2D eigenvalue weighted by atomic mass is 9.68. The molecule has 0 saturated carbocycles. The van der Waals surface area contributed by atoms with Crippen LogP contribution < -0.4 is 4.90 Å². The Morgan fingerprint density at radius 2 is 1.61 bits per heavy atom. The summed E-state index contributed by atoms with van der Waals surface area (Å²) in [6, 6.07) is 21.8. The topological polar surface area (TPSA) is 30.3 Å². The first-order valence-electron chi connectivity index (χ1n) is 10.6. The van der Waals surface area contributed by atoms with Gasteiger partial charge in [-0.2, -0.15) is 5.26 Å². The normalized spacial score (nSPS) is 17.3. The van der Waals surface area contributed by atoms with E-state index < -0.39 is 5.41 Å². The van der Waals surface area contributed by atoms with E-state index in [4.69, 9.17) is 0 Å². The number of rotatable bonds is 7. The Labute approximate surface area is 170 Å². The van der Waals surface area contributed by atoms with Crippen LogP contribution in [-0.2, 0) is 5.41 Å². The molecule has 0 radical (unpaired) electrons. The van der Waals surface area contributed by atoms with Crippen molar-refractivity contribution in [1.29, 1.82) is 5.26 Å². The molecule has 1 atom stereocenters. The van der Waals surface area contributed by atoms with Gasteiger partial charge in [0, 0.05) is 31.9 Å². The van der Waals surface area contributed by atoms with Crippen molar-refractivity contribution in [2.24, 2.45) is 5.92 Å². The van der Waals surface area contributed by atoms with E-state index >= 15 is 0 Å². The number of hydrogen-bond donors (Lipinski definition) is 0. The third-order valence-corrected chi connectivity index (χ3v) is 6.35. The minimum absolute atomic E-state index is 0.300. The molecule has 28 heavy (non-hydrogen) atoms. The number of piperazine rings is 1. The van der Waals surface area contributed by atoms with Crippen LogP contribution in [0.4, 0.5) is 5.69 Å². The Balaban J connectivity index is 1.57. The van der Waals surface area contributed by atoms with Crippen LogP contribution in [0.15, 0.2) is 54.6 Å². The van der Waals surface area contributed by atoms with E-state index in [0.29, 0.717) is 5.92 Å². The van der Waals surface area contributed by atoms with Gasteiger partial charge in [0.1, 0.15) is 0 Å². The molecule has 1 saturated heterocycles. The fourth-order valence-electron chi connectivity index (χ4n) is 4.50. The highest BCUT2D eigenvalue weighted by Crippen LogP contribution is 2.38. The van der Waals surface area contributed by atoms with Crippen molar-refractivity contribution in [3.63, 3.8) is 0 Å². The molecule has 0 amide bonds. The van der Waals surface area contributed by atoms with Crippen LogP contribution >= 0.6 is 0 Å². The van der Waals surface area contributed by atoms with Gasteiger partial charge in [0.2, 0.25) is 0 Å². The van der Waals surface area contributed by atoms with E-state index in [-0.39, 0.29) is 0 Å². The summed E-state index contributed by atoms with van der Waals surface area (Å²) in [6.45, 7) is 11.9. The molecule has 1 unspecified atom stereocenters. The zero-order valence-electron chi connectivity index (χ0n) is 17.6. The van der Waals surface area contributed by atoms with Crippen molar-refractivity contribution in [2.75, 3.05) is 37.6 Å². The van der Waals surface area contributed by atoms with Gasteiger partial charge in [0.05, 0.1) is 11.5 Å². The number of aryl methyl sites for hydroxylation is 1. The summed E-state index contributed by atoms with van der Waals surface area (Å²) < 4.78 is 0. The van der Waals surface area contributed by atoms with Gasteiger partial charge >= 0.3 is 0 Å². The maximum Gasteiger partial charge on any atom is 0.0848 e. The molecule has 148 valence electrons. The predicted octanol–water partition coefficient (Wildman–Crippen LogP) is 5.01. The first-order valence-corrected chi connectivity index (χ1v) is 10.6. The number of nitrogens with zero attached hydrogens (tertiary/aromatic N) is 3. The summed E-state index contributed by atoms with van der Waals surface area (Å²) in [5.41, 5.74) is 3.37. The fraction of sp³-hybridized carbons (Fsp3) is 0.480. The summed E-state index contributed by atoms with van der Waals surface area (Å²) in [5, 5.41) is 10.2. The van der Waals surface area contributed by atoms with Crippen LogP contribution in [0.2, 0.25) is 0 Å². The minimum Gasteiger partial charge on any atom is -0.369 e. The molecule has 3 nitrogen and oxygen atoms in total. The maximum absolute atomic E-state index is 10.2. The Kier molecular flexibility index (Phi) is 6.75. The molecule has 0 spiro atoms. The van der Waals surface area contributed by atoms with E-state index in [9.17, 15) is 5.26 Å². The summed E-state index contributed by atoms with van der Waals surface area (Å²) in [6.07, 6.45) is 1.98. The molecule has 2 aromatic carbocycles. The van der Waals surface area contributed by atoms with Gasteiger partial charge in [-0.15, -0.1) is 0 Å². The Morgan fingerprint density at radius 1 is 0.964 bits per heavy atom. The van der Waals surface area contributed by atoms with E-state index in [1.54, 1.807) is 0 Å². The van der Waals surface area contributed by atoms with Crippen molar-refractivity contribution in [3.05, 3.63) is 65.7 Å². The molecule has 1 aliphatic rings. The van der Waals surface area contributed by atoms with Crippen LogP contribution in [0, 0.1) is 24.2 Å². The highest BCUT2D eigenvalue weighted by atomic mass is 15.3. The number of para-hydroxylation sites is 1. The van der Waals surface area contributed by atoms with Crippen molar-refractivity contribution < 1.29 is 0 Å². The van der Waals surface area contributed by atoms with Gasteiger partial charge in [-0.1, -0.05) is 56.3 Å². The second-order valence-corrected chi connectivity index (χ2v) is 8.32. The second-order valence-electron chi connectivity index (χ2n) is 8.32. The molecule has 0 aliphatic carbocycles. The van der Waals surface area contributed by atoms with Crippen molar-refractivity contribution in [3.8, 4) is 6.07 Å². The number of hydrogen-bond acceptors (Lipinski definition) is 3. The minimum atomic E-state index is -0.392. The highest BCUT2D eigenvalue weighted by Gasteiger charge is 2.36. The smallest absolute Gasteiger partial charge is 0.0848 e. The Hall–Kier alpha value is -2.31. The predicted molar refractivity (Wildman–Crippen MR) is 118 cm³/mol. The van der Waals surface area contributed by atoms with Crippen molar-refractivity contribution >= 4 is 5.69 Å². The number of benzene rings is 2. The van der Waals surface area contributed by atoms with Crippen molar-refractivity contribution in [1.82, 2.24) is 4.90 Å². The summed E-state index contributed by atoms with van der Waals surface area (Å²) in [5.74, 6) is 0.300. The number of anilines is 1. The first-order chi connectivity index (χ1) is 13.6. The summed E-state index contributed by atoms with van der Waals surface area (Å²) in [4.78, 5) is 5.03. The third kappa shape index (κ3) is 4.39. The van der Waals surface area contributed by atoms with E-state index in [2.05, 4.69) is 91.2 Å². The third-order valence-electron chi connectivity index (χ3n) is 6.35. The molecule has 1 heterocycles. The van der Waals surface area contributed by atoms with Gasteiger partial charge in [-0.05, 0) is 55.5 Å². The highest BCUT2D eigenvalue weighted by molar-refractivity contribution is 5.46. The van der Waals surface area contributed by atoms with Gasteiger partial charge in [0.15, 0.2) is 0 Å². The van der Waals surface area contributed by atoms with Gasteiger partial charge in [0.25, 0.3) is 0 Å². The molecule has 0 bridgehead atoms. The maximum atomic E-state index is 10.2. The second kappa shape index (κ2) is 9.26. The zero-order valence-corrected chi connectivity index (χ0v) is 17.6. The largest absolute Gasteiger partial charge is 0.369 e. The summed E-state index contributed by atoms with van der Waals surface area (Å²) >= 11 is 0. The van der Waals surface area contributed by atoms with Gasteiger partial charge in [-0.3, -0.25) is 4.90 Å². The lowest BCUT2D eigenvalue weighted by molar-refractivity contribution is 0.239. The zero-order chi connectivity index (χ0) is 20.0. The molecule has 2 aromatic rings. The lowest BCUT2D eigenvalue weighted by Gasteiger charge is -2.37. The van der Waals surface area contributed by atoms with Crippen LogP contribution in [0.5, 0.6) is 0 Å². The van der Waals surface area contributed by atoms with Crippen LogP contribution in [0.3, 0.4) is 0 Å². The fourth-order valence-corrected chi connectivity index (χ4v) is 4.50. The molecule has 0 aromatic heterocycles. The van der Waals surface area contributed by atoms with E-state index in [1.165, 1.54) is 16.8 Å². The lowest BCUT2D eigenvalue weighted by Crippen LogP contribution is -2.47. The quantitative estimate of drug-likeness (QED) is 0.681. The average Bonchev–Trinajstić information content (AvgIpc) is 2.73. The SMILES string of the molecule is Cc1ccccc1C(C#N)(CCCN1CCN(c2ccccc2)CC1)C(C)C. The van der Waals surface area contributed by atoms with Crippen molar-refractivity contribution in [2.45, 2.75) is 39.0 Å². The number of nitriles is 1. The average molecular weight is 376 g/mol. The monoisotopic (exact) mass is 375 g/mol. The van der Waals surface area contributed by atoms with Gasteiger partial charge in [-0.25, -0.2) is 0 Å². The van der Waals surface area contributed by atoms with Gasteiger partial charge < -0.3 is 4.90 Å². The Morgan fingerprint density at radius 3 is 2.21 bits per heavy atom. The van der Waals surface area contributed by atoms with E-state index in [0.717, 1.165) is 45.6 Å². The van der Waals surface area contributed by atoms with Crippen LogP contribution in [0.1, 0.15) is 37.8 Å². The molecule has 1 aliphatic heterocycles. The van der Waals surface area contributed by atoms with Crippen LogP contribution in [0.25, 0.3) is 0 Å². The molecule has 0 N–H and O–H groups in total. The van der Waals surface area contributed by atoms with Crippen LogP contribution in [-0.4, -0.2) is 37.6 Å². The standard InChI is InChI=1S/C25H33N3/c1-21(2)25(20-26,24-13-8-7-10-22(24)3)14-9-15-27-16-18-28(19-17-27)23-11-5-4-6-12-23/h4-8,10-13,21H,9,14-19H2,1-3H3. The van der Waals surface area contributed by atoms with E-state index in [1.807, 2.05) is 0 Å². The molecular weight excluding hydrogens is 342 g/mol. The Bertz CT molecular complexity index is 785. The summed E-state index contributed by atoms with van der Waals surface area (Å²) in [7, 11) is 0. The molecule has 1 fully saturated rings. The molecule has 3 heteroatoms. The molecule has 3 rings (SSSR count). The first kappa shape index (κ1) is 20.4.